The summed E-state index contributed by atoms with van der Waals surface area (Å²) in [5.74, 6) is 1.74. The summed E-state index contributed by atoms with van der Waals surface area (Å²) in [6, 6.07) is 15.2. The molecule has 0 bridgehead atoms. The fourth-order valence-corrected chi connectivity index (χ4v) is 4.15. The van der Waals surface area contributed by atoms with Crippen LogP contribution in [0.1, 0.15) is 29.0 Å². The highest BCUT2D eigenvalue weighted by Gasteiger charge is 2.40. The Kier molecular flexibility index (Phi) is 2.46. The molecule has 0 saturated heterocycles. The Morgan fingerprint density at radius 2 is 1.74 bits per heavy atom. The lowest BCUT2D eigenvalue weighted by Crippen LogP contribution is -2.26. The van der Waals surface area contributed by atoms with Gasteiger partial charge in [0.25, 0.3) is 0 Å². The fourth-order valence-electron chi connectivity index (χ4n) is 4.15. The largest absolute Gasteiger partial charge is 0.508 e. The zero-order valence-electron chi connectivity index (χ0n) is 12.5. The van der Waals surface area contributed by atoms with Crippen LogP contribution in [0.25, 0.3) is 10.8 Å². The van der Waals surface area contributed by atoms with Crippen molar-refractivity contribution in [2.75, 3.05) is 0 Å². The molecule has 114 valence electrons. The molecule has 1 aliphatic heterocycles. The highest BCUT2D eigenvalue weighted by Crippen LogP contribution is 2.50. The molecule has 3 aromatic carbocycles. The van der Waals surface area contributed by atoms with Gasteiger partial charge in [-0.1, -0.05) is 18.2 Å². The van der Waals surface area contributed by atoms with Crippen LogP contribution in [0.15, 0.2) is 48.5 Å². The van der Waals surface area contributed by atoms with E-state index in [1.54, 1.807) is 18.2 Å². The van der Waals surface area contributed by atoms with Gasteiger partial charge in [0.15, 0.2) is 0 Å². The molecule has 2 aliphatic rings. The van der Waals surface area contributed by atoms with Gasteiger partial charge in [-0.15, -0.1) is 0 Å². The van der Waals surface area contributed by atoms with Gasteiger partial charge in [-0.05, 0) is 65.1 Å². The van der Waals surface area contributed by atoms with Gasteiger partial charge < -0.3 is 14.9 Å². The standard InChI is InChI=1S/C20H16O3/c21-13-3-5-15-11(9-13)1-7-17-19(15)20-16-6-4-14(22)10-12(16)2-8-18(20)23-17/h1,3-7,9-10,18,20-22H,2,8H2. The van der Waals surface area contributed by atoms with Crippen molar-refractivity contribution in [1.29, 1.82) is 0 Å². The van der Waals surface area contributed by atoms with E-state index in [-0.39, 0.29) is 17.8 Å². The maximum atomic E-state index is 9.77. The van der Waals surface area contributed by atoms with Gasteiger partial charge in [0.05, 0.1) is 5.92 Å². The van der Waals surface area contributed by atoms with Crippen LogP contribution >= 0.6 is 0 Å². The molecular formula is C20H16O3. The van der Waals surface area contributed by atoms with Crippen LogP contribution in [0.2, 0.25) is 0 Å². The number of fused-ring (bicyclic) bond motifs is 7. The molecular weight excluding hydrogens is 288 g/mol. The second-order valence-corrected chi connectivity index (χ2v) is 6.44. The number of hydrogen-bond donors (Lipinski definition) is 2. The minimum absolute atomic E-state index is 0.154. The molecule has 2 unspecified atom stereocenters. The van der Waals surface area contributed by atoms with E-state index in [1.807, 2.05) is 30.3 Å². The Balaban J connectivity index is 1.79. The second kappa shape index (κ2) is 4.42. The summed E-state index contributed by atoms with van der Waals surface area (Å²) in [6.07, 6.45) is 2.04. The van der Waals surface area contributed by atoms with E-state index in [0.29, 0.717) is 5.75 Å². The molecule has 3 heteroatoms. The van der Waals surface area contributed by atoms with Crippen molar-refractivity contribution >= 4 is 10.8 Å². The highest BCUT2D eigenvalue weighted by molar-refractivity contribution is 5.90. The van der Waals surface area contributed by atoms with E-state index >= 15 is 0 Å². The molecule has 0 radical (unpaired) electrons. The quantitative estimate of drug-likeness (QED) is 0.657. The van der Waals surface area contributed by atoms with Gasteiger partial charge in [-0.25, -0.2) is 0 Å². The van der Waals surface area contributed by atoms with Crippen LogP contribution in [0.3, 0.4) is 0 Å². The van der Waals surface area contributed by atoms with Crippen LogP contribution in [-0.2, 0) is 6.42 Å². The summed E-state index contributed by atoms with van der Waals surface area (Å²) >= 11 is 0. The third-order valence-corrected chi connectivity index (χ3v) is 5.13. The summed E-state index contributed by atoms with van der Waals surface area (Å²) in [6.45, 7) is 0. The van der Waals surface area contributed by atoms with Crippen LogP contribution in [-0.4, -0.2) is 16.3 Å². The molecule has 0 spiro atoms. The smallest absolute Gasteiger partial charge is 0.124 e. The zero-order chi connectivity index (χ0) is 15.6. The van der Waals surface area contributed by atoms with Crippen molar-refractivity contribution < 1.29 is 14.9 Å². The molecule has 1 heterocycles. The van der Waals surface area contributed by atoms with Crippen molar-refractivity contribution in [3.8, 4) is 17.2 Å². The zero-order valence-corrected chi connectivity index (χ0v) is 12.5. The molecule has 5 rings (SSSR count). The van der Waals surface area contributed by atoms with Crippen molar-refractivity contribution in [1.82, 2.24) is 0 Å². The fraction of sp³-hybridized carbons (Fsp3) is 0.200. The Labute approximate surface area is 133 Å². The van der Waals surface area contributed by atoms with Gasteiger partial charge in [-0.3, -0.25) is 0 Å². The Morgan fingerprint density at radius 1 is 0.913 bits per heavy atom. The Hall–Kier alpha value is -2.68. The average molecular weight is 304 g/mol. The summed E-state index contributed by atoms with van der Waals surface area (Å²) in [4.78, 5) is 0. The highest BCUT2D eigenvalue weighted by atomic mass is 16.5. The molecule has 0 saturated carbocycles. The molecule has 0 amide bonds. The van der Waals surface area contributed by atoms with E-state index in [1.165, 1.54) is 16.7 Å². The number of phenolic OH excluding ortho intramolecular Hbond substituents is 2. The minimum atomic E-state index is 0.154. The average Bonchev–Trinajstić information content (AvgIpc) is 2.93. The SMILES string of the molecule is Oc1ccc2c(c1)CCC1Oc3ccc4cc(O)ccc4c3C21. The van der Waals surface area contributed by atoms with E-state index < -0.39 is 0 Å². The summed E-state index contributed by atoms with van der Waals surface area (Å²) in [5.41, 5.74) is 3.66. The molecule has 23 heavy (non-hydrogen) atoms. The first kappa shape index (κ1) is 12.8. The molecule has 2 N–H and O–H groups in total. The van der Waals surface area contributed by atoms with Crippen LogP contribution in [0.4, 0.5) is 0 Å². The first-order valence-electron chi connectivity index (χ1n) is 7.95. The first-order chi connectivity index (χ1) is 11.2. The minimum Gasteiger partial charge on any atom is -0.508 e. The van der Waals surface area contributed by atoms with Gasteiger partial charge in [0, 0.05) is 5.56 Å². The van der Waals surface area contributed by atoms with Crippen LogP contribution < -0.4 is 4.74 Å². The number of hydrogen-bond acceptors (Lipinski definition) is 3. The van der Waals surface area contributed by atoms with E-state index in [9.17, 15) is 10.2 Å². The van der Waals surface area contributed by atoms with Crippen molar-refractivity contribution in [3.05, 3.63) is 65.2 Å². The number of aryl methyl sites for hydroxylation is 1. The van der Waals surface area contributed by atoms with Crippen molar-refractivity contribution in [3.63, 3.8) is 0 Å². The van der Waals surface area contributed by atoms with E-state index in [4.69, 9.17) is 4.74 Å². The van der Waals surface area contributed by atoms with Crippen LogP contribution in [0.5, 0.6) is 17.2 Å². The lowest BCUT2D eigenvalue weighted by Gasteiger charge is -2.27. The van der Waals surface area contributed by atoms with Crippen LogP contribution in [0, 0.1) is 0 Å². The molecule has 3 nitrogen and oxygen atoms in total. The monoisotopic (exact) mass is 304 g/mol. The summed E-state index contributed by atoms with van der Waals surface area (Å²) in [7, 11) is 0. The molecule has 0 aromatic heterocycles. The third kappa shape index (κ3) is 1.76. The van der Waals surface area contributed by atoms with Gasteiger partial charge in [-0.2, -0.15) is 0 Å². The van der Waals surface area contributed by atoms with Gasteiger partial charge >= 0.3 is 0 Å². The maximum absolute atomic E-state index is 9.77. The topological polar surface area (TPSA) is 49.7 Å². The number of rotatable bonds is 0. The van der Waals surface area contributed by atoms with Crippen molar-refractivity contribution in [2.45, 2.75) is 24.9 Å². The van der Waals surface area contributed by atoms with Gasteiger partial charge in [0.2, 0.25) is 0 Å². The van der Waals surface area contributed by atoms with E-state index in [0.717, 1.165) is 29.4 Å². The van der Waals surface area contributed by atoms with E-state index in [2.05, 4.69) is 0 Å². The second-order valence-electron chi connectivity index (χ2n) is 6.44. The predicted molar refractivity (Wildman–Crippen MR) is 88.3 cm³/mol. The lowest BCUT2D eigenvalue weighted by molar-refractivity contribution is 0.199. The molecule has 3 aromatic rings. The maximum Gasteiger partial charge on any atom is 0.124 e. The lowest BCUT2D eigenvalue weighted by atomic mass is 9.77. The normalized spacial score (nSPS) is 21.4. The van der Waals surface area contributed by atoms with Gasteiger partial charge in [0.1, 0.15) is 23.4 Å². The number of phenols is 2. The molecule has 0 fully saturated rings. The Morgan fingerprint density at radius 3 is 2.65 bits per heavy atom. The predicted octanol–water partition coefficient (Wildman–Crippen LogP) is 4.09. The third-order valence-electron chi connectivity index (χ3n) is 5.13. The first-order valence-corrected chi connectivity index (χ1v) is 7.95. The summed E-state index contributed by atoms with van der Waals surface area (Å²) in [5, 5.41) is 21.7. The number of ether oxygens (including phenoxy) is 1. The molecule has 2 atom stereocenters. The summed E-state index contributed by atoms with van der Waals surface area (Å²) < 4.78 is 6.21. The van der Waals surface area contributed by atoms with Crippen molar-refractivity contribution in [2.24, 2.45) is 0 Å². The number of benzene rings is 3. The molecule has 1 aliphatic carbocycles. The Bertz CT molecular complexity index is 945. The number of aromatic hydroxyl groups is 2.